The van der Waals surface area contributed by atoms with Crippen LogP contribution in [0.25, 0.3) is 6.08 Å². The molecule has 0 radical (unpaired) electrons. The van der Waals surface area contributed by atoms with Gasteiger partial charge in [0.05, 0.1) is 5.71 Å². The number of carbonyl (C=O) groups is 1. The fraction of sp³-hybridized carbons (Fsp3) is 0.214. The molecule has 4 N–H and O–H groups in total. The summed E-state index contributed by atoms with van der Waals surface area (Å²) in [6.07, 6.45) is 5.83. The molecule has 0 heterocycles. The third-order valence-corrected chi connectivity index (χ3v) is 5.16. The summed E-state index contributed by atoms with van der Waals surface area (Å²) in [4.78, 5) is 13.4. The highest BCUT2D eigenvalue weighted by Crippen LogP contribution is 2.30. The summed E-state index contributed by atoms with van der Waals surface area (Å²) in [5, 5.41) is 10.9. The first kappa shape index (κ1) is 24.0. The Morgan fingerprint density at radius 2 is 1.64 bits per heavy atom. The number of allylic oxidation sites excluding steroid dienone is 1. The molecule has 1 saturated carbocycles. The largest absolute Gasteiger partial charge is 0.398 e. The van der Waals surface area contributed by atoms with E-state index in [9.17, 15) is 4.79 Å². The lowest BCUT2D eigenvalue weighted by molar-refractivity contribution is -0.117. The fourth-order valence-electron chi connectivity index (χ4n) is 3.22. The van der Waals surface area contributed by atoms with Crippen molar-refractivity contribution in [3.63, 3.8) is 0 Å². The van der Waals surface area contributed by atoms with Gasteiger partial charge in [0.1, 0.15) is 0 Å². The fourth-order valence-corrected chi connectivity index (χ4v) is 3.22. The summed E-state index contributed by atoms with van der Waals surface area (Å²) in [5.41, 5.74) is 10.9. The average molecular weight is 441 g/mol. The molecule has 1 amide bonds. The van der Waals surface area contributed by atoms with Gasteiger partial charge in [0.25, 0.3) is 0 Å². The van der Waals surface area contributed by atoms with Crippen LogP contribution in [-0.4, -0.2) is 30.6 Å². The van der Waals surface area contributed by atoms with Crippen LogP contribution in [0.2, 0.25) is 0 Å². The molecule has 5 nitrogen and oxygen atoms in total. The summed E-state index contributed by atoms with van der Waals surface area (Å²) in [7, 11) is 4.11. The SMILES string of the molecule is CN(C)Cc1ccc(/C=C/C(=N)c2ccccc2N)cc1.O=C(Nc1ccccc1)C1CC1. The molecule has 4 rings (SSSR count). The first-order valence-electron chi connectivity index (χ1n) is 11.1. The lowest BCUT2D eigenvalue weighted by Crippen LogP contribution is -2.12. The number of anilines is 2. The Kier molecular flexibility index (Phi) is 8.56. The van der Waals surface area contributed by atoms with E-state index in [1.165, 1.54) is 5.56 Å². The summed E-state index contributed by atoms with van der Waals surface area (Å²) >= 11 is 0. The number of amides is 1. The van der Waals surface area contributed by atoms with Crippen molar-refractivity contribution < 1.29 is 4.79 Å². The molecule has 0 atom stereocenters. The van der Waals surface area contributed by atoms with Gasteiger partial charge in [-0.2, -0.15) is 0 Å². The van der Waals surface area contributed by atoms with Crippen LogP contribution in [0.3, 0.4) is 0 Å². The lowest BCUT2D eigenvalue weighted by atomic mass is 10.1. The van der Waals surface area contributed by atoms with Crippen LogP contribution in [-0.2, 0) is 11.3 Å². The zero-order chi connectivity index (χ0) is 23.6. The maximum atomic E-state index is 11.3. The van der Waals surface area contributed by atoms with Gasteiger partial charge in [-0.15, -0.1) is 0 Å². The molecule has 1 aliphatic carbocycles. The molecule has 170 valence electrons. The van der Waals surface area contributed by atoms with Crippen molar-refractivity contribution in [3.8, 4) is 0 Å². The monoisotopic (exact) mass is 440 g/mol. The zero-order valence-corrected chi connectivity index (χ0v) is 19.3. The second-order valence-electron chi connectivity index (χ2n) is 8.44. The minimum atomic E-state index is 0.168. The van der Waals surface area contributed by atoms with E-state index in [1.807, 2.05) is 60.7 Å². The Morgan fingerprint density at radius 1 is 1.00 bits per heavy atom. The molecule has 3 aromatic carbocycles. The van der Waals surface area contributed by atoms with Crippen LogP contribution in [0, 0.1) is 11.3 Å². The van der Waals surface area contributed by atoms with Crippen LogP contribution >= 0.6 is 0 Å². The van der Waals surface area contributed by atoms with E-state index in [0.717, 1.165) is 36.2 Å². The molecule has 0 aromatic heterocycles. The van der Waals surface area contributed by atoms with Crippen molar-refractivity contribution in [3.05, 3.63) is 102 Å². The maximum absolute atomic E-state index is 11.3. The van der Waals surface area contributed by atoms with E-state index in [4.69, 9.17) is 11.1 Å². The summed E-state index contributed by atoms with van der Waals surface area (Å²) in [6.45, 7) is 0.931. The number of para-hydroxylation sites is 2. The molecule has 1 fully saturated rings. The van der Waals surface area contributed by atoms with Gasteiger partial charge in [-0.3, -0.25) is 4.79 Å². The van der Waals surface area contributed by atoms with E-state index in [2.05, 4.69) is 48.6 Å². The van der Waals surface area contributed by atoms with Gasteiger partial charge in [0.15, 0.2) is 0 Å². The molecule has 5 heteroatoms. The molecule has 0 unspecified atom stereocenters. The number of nitrogens with two attached hydrogens (primary N) is 1. The van der Waals surface area contributed by atoms with Gasteiger partial charge in [-0.25, -0.2) is 0 Å². The predicted molar refractivity (Wildman–Crippen MR) is 138 cm³/mol. The van der Waals surface area contributed by atoms with Crippen LogP contribution in [0.15, 0.2) is 84.9 Å². The molecule has 0 spiro atoms. The Morgan fingerprint density at radius 3 is 2.24 bits per heavy atom. The standard InChI is InChI=1S/C18H21N3.C10H11NO/c1-21(2)13-15-9-7-14(8-10-15)11-12-18(20)16-5-3-4-6-17(16)19;12-10(8-6-7-8)11-9-4-2-1-3-5-9/h3-12,20H,13,19H2,1-2H3;1-5,8H,6-7H2,(H,11,12)/b12-11+,20-18?;. The molecule has 0 aliphatic heterocycles. The number of hydrogen-bond acceptors (Lipinski definition) is 4. The topological polar surface area (TPSA) is 82.2 Å². The van der Waals surface area contributed by atoms with Crippen molar-refractivity contribution in [2.45, 2.75) is 19.4 Å². The third kappa shape index (κ3) is 8.05. The minimum absolute atomic E-state index is 0.168. The van der Waals surface area contributed by atoms with Gasteiger partial charge in [-0.1, -0.05) is 66.7 Å². The second-order valence-corrected chi connectivity index (χ2v) is 8.44. The summed E-state index contributed by atoms with van der Waals surface area (Å²) < 4.78 is 0. The van der Waals surface area contributed by atoms with E-state index >= 15 is 0 Å². The van der Waals surface area contributed by atoms with Gasteiger partial charge in [-0.05, 0) is 62.3 Å². The normalized spacial score (nSPS) is 12.8. The van der Waals surface area contributed by atoms with Crippen LogP contribution in [0.4, 0.5) is 11.4 Å². The van der Waals surface area contributed by atoms with Gasteiger partial charge in [0, 0.05) is 29.4 Å². The number of hydrogen-bond donors (Lipinski definition) is 3. The van der Waals surface area contributed by atoms with Crippen LogP contribution in [0.1, 0.15) is 29.5 Å². The van der Waals surface area contributed by atoms with Gasteiger partial charge >= 0.3 is 0 Å². The highest BCUT2D eigenvalue weighted by atomic mass is 16.2. The lowest BCUT2D eigenvalue weighted by Gasteiger charge is -2.09. The third-order valence-electron chi connectivity index (χ3n) is 5.16. The predicted octanol–water partition coefficient (Wildman–Crippen LogP) is 5.45. The maximum Gasteiger partial charge on any atom is 0.227 e. The highest BCUT2D eigenvalue weighted by Gasteiger charge is 2.29. The molecule has 1 aliphatic rings. The average Bonchev–Trinajstić information content (AvgIpc) is 3.65. The molecular formula is C28H32N4O. The number of benzene rings is 3. The Hall–Kier alpha value is -3.70. The molecule has 0 bridgehead atoms. The van der Waals surface area contributed by atoms with Crippen molar-refractivity contribution in [1.82, 2.24) is 4.90 Å². The molecule has 33 heavy (non-hydrogen) atoms. The van der Waals surface area contributed by atoms with Crippen molar-refractivity contribution in [1.29, 1.82) is 5.41 Å². The molecular weight excluding hydrogens is 408 g/mol. The van der Waals surface area contributed by atoms with Crippen molar-refractivity contribution in [2.24, 2.45) is 5.92 Å². The smallest absolute Gasteiger partial charge is 0.227 e. The quantitative estimate of drug-likeness (QED) is 0.338. The zero-order valence-electron chi connectivity index (χ0n) is 19.3. The number of rotatable bonds is 7. The Labute approximate surface area is 196 Å². The highest BCUT2D eigenvalue weighted by molar-refractivity contribution is 6.11. The summed E-state index contributed by atoms with van der Waals surface area (Å²) in [6, 6.07) is 25.4. The van der Waals surface area contributed by atoms with E-state index in [1.54, 1.807) is 6.08 Å². The molecule has 0 saturated heterocycles. The number of nitrogen functional groups attached to an aromatic ring is 1. The minimum Gasteiger partial charge on any atom is -0.398 e. The number of nitrogens with zero attached hydrogens (tertiary/aromatic N) is 1. The Balaban J connectivity index is 0.000000215. The van der Waals surface area contributed by atoms with Crippen molar-refractivity contribution in [2.75, 3.05) is 25.1 Å². The van der Waals surface area contributed by atoms with Crippen molar-refractivity contribution >= 4 is 29.1 Å². The van der Waals surface area contributed by atoms with Gasteiger partial charge in [0.2, 0.25) is 5.91 Å². The van der Waals surface area contributed by atoms with E-state index in [0.29, 0.717) is 11.4 Å². The van der Waals surface area contributed by atoms with Crippen LogP contribution in [0.5, 0.6) is 0 Å². The van der Waals surface area contributed by atoms with Gasteiger partial charge < -0.3 is 21.4 Å². The van der Waals surface area contributed by atoms with E-state index < -0.39 is 0 Å². The first-order chi connectivity index (χ1) is 15.9. The second kappa shape index (κ2) is 11.8. The molecule has 3 aromatic rings. The number of nitrogens with one attached hydrogen (secondary N) is 2. The van der Waals surface area contributed by atoms with Crippen LogP contribution < -0.4 is 11.1 Å². The van der Waals surface area contributed by atoms with E-state index in [-0.39, 0.29) is 11.8 Å². The first-order valence-corrected chi connectivity index (χ1v) is 11.1. The Bertz CT molecular complexity index is 1080. The number of carbonyl (C=O) groups excluding carboxylic acids is 1. The summed E-state index contributed by atoms with van der Waals surface area (Å²) in [5.74, 6) is 0.450.